The van der Waals surface area contributed by atoms with Gasteiger partial charge in [-0.15, -0.1) is 0 Å². The van der Waals surface area contributed by atoms with Crippen molar-refractivity contribution in [1.82, 2.24) is 15.0 Å². The third-order valence-electron chi connectivity index (χ3n) is 7.62. The molecule has 9 nitrogen and oxygen atoms in total. The molecule has 2 aromatic heterocycles. The zero-order valence-electron chi connectivity index (χ0n) is 23.9. The molecule has 1 aliphatic rings. The molecule has 0 unspecified atom stereocenters. The Morgan fingerprint density at radius 3 is 2.67 bits per heavy atom. The third-order valence-corrected chi connectivity index (χ3v) is 12.1. The summed E-state index contributed by atoms with van der Waals surface area (Å²) in [5.74, 6) is 0.842. The quantitative estimate of drug-likeness (QED) is 0.237. The third kappa shape index (κ3) is 6.22. The lowest BCUT2D eigenvalue weighted by Gasteiger charge is -2.39. The van der Waals surface area contributed by atoms with Gasteiger partial charge in [-0.2, -0.15) is 5.26 Å². The van der Waals surface area contributed by atoms with Crippen molar-refractivity contribution in [2.45, 2.75) is 51.2 Å². The number of rotatable bonds is 10. The second kappa shape index (κ2) is 11.3. The predicted molar refractivity (Wildman–Crippen MR) is 156 cm³/mol. The monoisotopic (exact) mass is 546 g/mol. The molecule has 0 bridgehead atoms. The molecule has 10 heteroatoms. The first-order valence-corrected chi connectivity index (χ1v) is 16.0. The summed E-state index contributed by atoms with van der Waals surface area (Å²) in [6.45, 7) is 15.6. The fraction of sp³-hybridized carbons (Fsp3) is 0.448. The second-order valence-electron chi connectivity index (χ2n) is 11.6. The van der Waals surface area contributed by atoms with Crippen LogP contribution in [0.3, 0.4) is 0 Å². The first-order valence-electron chi connectivity index (χ1n) is 13.1. The number of hydrogen-bond donors (Lipinski definition) is 2. The normalized spacial score (nSPS) is 16.8. The maximum Gasteiger partial charge on any atom is 0.237 e. The molecular weight excluding hydrogens is 508 g/mol. The Kier molecular flexibility index (Phi) is 8.25. The number of ether oxygens (including phenoxy) is 2. The number of nitrogens with one attached hydrogen (secondary N) is 2. The molecule has 0 spiro atoms. The van der Waals surface area contributed by atoms with E-state index < -0.39 is 8.32 Å². The van der Waals surface area contributed by atoms with Crippen molar-refractivity contribution in [3.05, 3.63) is 53.9 Å². The summed E-state index contributed by atoms with van der Waals surface area (Å²) in [5, 5.41) is 16.8. The van der Waals surface area contributed by atoms with Crippen LogP contribution in [0.2, 0.25) is 18.1 Å². The van der Waals surface area contributed by atoms with Gasteiger partial charge in [-0.3, -0.25) is 0 Å². The van der Waals surface area contributed by atoms with Gasteiger partial charge in [-0.25, -0.2) is 15.0 Å². The van der Waals surface area contributed by atoms with Crippen LogP contribution in [0.15, 0.2) is 42.7 Å². The first-order chi connectivity index (χ1) is 18.5. The highest BCUT2D eigenvalue weighted by atomic mass is 28.4. The van der Waals surface area contributed by atoms with Crippen LogP contribution >= 0.6 is 0 Å². The van der Waals surface area contributed by atoms with Crippen molar-refractivity contribution in [3.8, 4) is 23.2 Å². The molecule has 206 valence electrons. The molecule has 0 radical (unpaired) electrons. The molecule has 1 aliphatic heterocycles. The van der Waals surface area contributed by atoms with Crippen LogP contribution in [0.5, 0.6) is 5.88 Å². The Labute approximate surface area is 232 Å². The number of nitriles is 1. The highest BCUT2D eigenvalue weighted by Gasteiger charge is 2.42. The van der Waals surface area contributed by atoms with E-state index in [-0.39, 0.29) is 10.5 Å². The molecule has 0 saturated heterocycles. The highest BCUT2D eigenvalue weighted by Crippen LogP contribution is 2.44. The van der Waals surface area contributed by atoms with E-state index in [4.69, 9.17) is 18.9 Å². The zero-order valence-corrected chi connectivity index (χ0v) is 24.9. The molecule has 3 aromatic rings. The van der Waals surface area contributed by atoms with Crippen LogP contribution in [0.25, 0.3) is 11.3 Å². The molecule has 1 atom stereocenters. The van der Waals surface area contributed by atoms with Crippen molar-refractivity contribution in [2.75, 3.05) is 44.1 Å². The maximum absolute atomic E-state index is 9.99. The van der Waals surface area contributed by atoms with Crippen LogP contribution in [0.4, 0.5) is 17.3 Å². The van der Waals surface area contributed by atoms with Crippen molar-refractivity contribution in [1.29, 1.82) is 5.26 Å². The SMILES string of the molecule is COCCOc1ncccc1Nc1nccc(-c2cc(C#N)c3c(c2)[C@](C)(CO[Si](C)(C)C(C)(C)C)CN3)n1. The Balaban J connectivity index is 1.63. The molecular formula is C29H38N6O3Si. The second-order valence-corrected chi connectivity index (χ2v) is 16.4. The summed E-state index contributed by atoms with van der Waals surface area (Å²) < 4.78 is 17.4. The van der Waals surface area contributed by atoms with Crippen LogP contribution in [0, 0.1) is 11.3 Å². The van der Waals surface area contributed by atoms with E-state index in [9.17, 15) is 5.26 Å². The summed E-state index contributed by atoms with van der Waals surface area (Å²) in [5.41, 5.74) is 4.47. The van der Waals surface area contributed by atoms with Gasteiger partial charge in [-0.05, 0) is 54.0 Å². The van der Waals surface area contributed by atoms with E-state index in [1.807, 2.05) is 24.3 Å². The summed E-state index contributed by atoms with van der Waals surface area (Å²) in [6, 6.07) is 11.9. The largest absolute Gasteiger partial charge is 0.474 e. The maximum atomic E-state index is 9.99. The molecule has 2 N–H and O–H groups in total. The molecule has 4 rings (SSSR count). The Morgan fingerprint density at radius 2 is 1.95 bits per heavy atom. The molecule has 0 fully saturated rings. The van der Waals surface area contributed by atoms with Gasteiger partial charge in [0.2, 0.25) is 11.8 Å². The predicted octanol–water partition coefficient (Wildman–Crippen LogP) is 5.88. The zero-order chi connectivity index (χ0) is 28.3. The molecule has 0 saturated carbocycles. The van der Waals surface area contributed by atoms with Crippen LogP contribution < -0.4 is 15.4 Å². The number of anilines is 3. The van der Waals surface area contributed by atoms with E-state index in [0.29, 0.717) is 55.1 Å². The minimum Gasteiger partial charge on any atom is -0.474 e. The van der Waals surface area contributed by atoms with Gasteiger partial charge in [0.15, 0.2) is 8.32 Å². The number of nitrogens with zero attached hydrogens (tertiary/aromatic N) is 4. The Hall–Kier alpha value is -3.52. The molecule has 3 heterocycles. The first kappa shape index (κ1) is 28.5. The van der Waals surface area contributed by atoms with Gasteiger partial charge in [0.05, 0.1) is 23.6 Å². The standard InChI is InChI=1S/C29H38N6O3Si/c1-28(2,3)39(6,7)38-19-29(4)18-33-25-21(17-30)15-20(16-22(25)29)23-10-12-32-27(34-23)35-24-9-8-11-31-26(24)37-14-13-36-5/h8-12,15-16,33H,13-14,18-19H2,1-7H3,(H,32,34,35)/t29-/m0/s1. The average Bonchev–Trinajstić information content (AvgIpc) is 3.24. The summed E-state index contributed by atoms with van der Waals surface area (Å²) >= 11 is 0. The van der Waals surface area contributed by atoms with E-state index in [1.54, 1.807) is 19.5 Å². The van der Waals surface area contributed by atoms with Crippen molar-refractivity contribution in [3.63, 3.8) is 0 Å². The average molecular weight is 547 g/mol. The Morgan fingerprint density at radius 1 is 1.15 bits per heavy atom. The van der Waals surface area contributed by atoms with Crippen molar-refractivity contribution >= 4 is 25.6 Å². The summed E-state index contributed by atoms with van der Waals surface area (Å²) in [4.78, 5) is 13.5. The van der Waals surface area contributed by atoms with Crippen LogP contribution in [-0.4, -0.2) is 56.7 Å². The van der Waals surface area contributed by atoms with E-state index in [2.05, 4.69) is 73.5 Å². The van der Waals surface area contributed by atoms with Gasteiger partial charge in [0, 0.05) is 43.6 Å². The molecule has 1 aromatic carbocycles. The Bertz CT molecular complexity index is 1370. The lowest BCUT2D eigenvalue weighted by molar-refractivity contribution is 0.144. The number of methoxy groups -OCH3 is 1. The fourth-order valence-corrected chi connectivity index (χ4v) is 5.24. The van der Waals surface area contributed by atoms with E-state index in [1.165, 1.54) is 0 Å². The van der Waals surface area contributed by atoms with Gasteiger partial charge in [0.1, 0.15) is 18.4 Å². The summed E-state index contributed by atoms with van der Waals surface area (Å²) in [6.07, 6.45) is 3.36. The molecule has 0 amide bonds. The highest BCUT2D eigenvalue weighted by molar-refractivity contribution is 6.74. The molecule has 39 heavy (non-hydrogen) atoms. The van der Waals surface area contributed by atoms with Crippen molar-refractivity contribution in [2.24, 2.45) is 0 Å². The lowest BCUT2D eigenvalue weighted by Crippen LogP contribution is -2.45. The number of pyridine rings is 1. The number of fused-ring (bicyclic) bond motifs is 1. The number of hydrogen-bond acceptors (Lipinski definition) is 9. The number of aromatic nitrogens is 3. The van der Waals surface area contributed by atoms with Gasteiger partial charge in [0.25, 0.3) is 0 Å². The van der Waals surface area contributed by atoms with Gasteiger partial charge in [-0.1, -0.05) is 27.7 Å². The van der Waals surface area contributed by atoms with Crippen LogP contribution in [0.1, 0.15) is 38.8 Å². The summed E-state index contributed by atoms with van der Waals surface area (Å²) in [7, 11) is -0.322. The van der Waals surface area contributed by atoms with Crippen LogP contribution in [-0.2, 0) is 14.6 Å². The van der Waals surface area contributed by atoms with Crippen molar-refractivity contribution < 1.29 is 13.9 Å². The van der Waals surface area contributed by atoms with Gasteiger partial charge >= 0.3 is 0 Å². The minimum atomic E-state index is -1.94. The number of benzene rings is 1. The van der Waals surface area contributed by atoms with E-state index >= 15 is 0 Å². The smallest absolute Gasteiger partial charge is 0.237 e. The topological polar surface area (TPSA) is 114 Å². The van der Waals surface area contributed by atoms with Gasteiger partial charge < -0.3 is 24.5 Å². The van der Waals surface area contributed by atoms with E-state index in [0.717, 1.165) is 16.8 Å². The lowest BCUT2D eigenvalue weighted by atomic mass is 9.83. The fourth-order valence-electron chi connectivity index (χ4n) is 4.13. The molecule has 0 aliphatic carbocycles. The minimum absolute atomic E-state index is 0.116.